The Morgan fingerprint density at radius 3 is 2.04 bits per heavy atom. The van der Waals surface area contributed by atoms with Crippen LogP contribution in [-0.2, 0) is 29.1 Å². The second-order valence-corrected chi connectivity index (χ2v) is 15.7. The number of sulfonamides is 1. The lowest BCUT2D eigenvalue weighted by atomic mass is 9.70. The first-order valence-corrected chi connectivity index (χ1v) is 18.9. The zero-order valence-electron chi connectivity index (χ0n) is 28.2. The Kier molecular flexibility index (Phi) is 10.8. The van der Waals surface area contributed by atoms with Crippen LogP contribution in [0.5, 0.6) is 0 Å². The monoisotopic (exact) mass is 704 g/mol. The van der Waals surface area contributed by atoms with E-state index in [1.807, 2.05) is 6.92 Å². The van der Waals surface area contributed by atoms with Gasteiger partial charge in [-0.05, 0) is 56.9 Å². The zero-order chi connectivity index (χ0) is 35.4. The molecule has 266 valence electrons. The molecule has 2 N–H and O–H groups in total. The van der Waals surface area contributed by atoms with E-state index in [0.29, 0.717) is 5.69 Å². The molecular formula is C37H44N4O8S. The van der Waals surface area contributed by atoms with Crippen molar-refractivity contribution >= 4 is 39.7 Å². The molecule has 6 rings (SSSR count). The number of carbonyl (C=O) groups is 4. The van der Waals surface area contributed by atoms with Crippen LogP contribution >= 0.6 is 0 Å². The fourth-order valence-electron chi connectivity index (χ4n) is 7.92. The van der Waals surface area contributed by atoms with Crippen molar-refractivity contribution in [1.29, 1.82) is 0 Å². The van der Waals surface area contributed by atoms with E-state index in [4.69, 9.17) is 15.9 Å². The summed E-state index contributed by atoms with van der Waals surface area (Å²) in [5.41, 5.74) is 1.22. The molecule has 13 heteroatoms. The summed E-state index contributed by atoms with van der Waals surface area (Å²) in [6.45, 7) is 1.10. The summed E-state index contributed by atoms with van der Waals surface area (Å²) in [4.78, 5) is 56.3. The Labute approximate surface area is 293 Å². The largest absolute Gasteiger partial charge is 0.442 e. The Morgan fingerprint density at radius 1 is 0.880 bits per heavy atom. The Hall–Kier alpha value is -4.41. The number of rotatable bonds is 10. The average molecular weight is 705 g/mol. The van der Waals surface area contributed by atoms with Gasteiger partial charge in [-0.25, -0.2) is 18.0 Å². The molecule has 50 heavy (non-hydrogen) atoms. The highest BCUT2D eigenvalue weighted by atomic mass is 32.2. The van der Waals surface area contributed by atoms with E-state index < -0.39 is 64.0 Å². The first-order valence-electron chi connectivity index (χ1n) is 17.4. The van der Waals surface area contributed by atoms with Gasteiger partial charge in [-0.1, -0.05) is 67.5 Å². The smallest absolute Gasteiger partial charge is 0.407 e. The molecule has 4 aliphatic rings. The van der Waals surface area contributed by atoms with Crippen LogP contribution in [0.1, 0.15) is 63.4 Å². The standard InChI is InChI=1S/C37H44N4O8S/c1-3-21-40(50(46,47)28-19-17-24(2)18-20-28)23-30-32-29(34(42)41(35(32)43)27-15-5-4-6-16-27)22-31(48-36(44)38-25-11-7-8-12-25)33(30)49-37(45)39-26-13-9-10-14-26/h1,4-6,15-20,25-26,29-33H,7-14,21-23H2,2H3,(H,38,44)(H,39,45)/t29-,30-,31-,32-,33+/m1/s1. The minimum atomic E-state index is -4.23. The van der Waals surface area contributed by atoms with Crippen molar-refractivity contribution in [3.8, 4) is 12.3 Å². The maximum Gasteiger partial charge on any atom is 0.407 e. The summed E-state index contributed by atoms with van der Waals surface area (Å²) in [6, 6.07) is 14.6. The van der Waals surface area contributed by atoms with Gasteiger partial charge in [-0.15, -0.1) is 6.42 Å². The summed E-state index contributed by atoms with van der Waals surface area (Å²) in [5, 5.41) is 5.78. The molecule has 12 nitrogen and oxygen atoms in total. The average Bonchev–Trinajstić information content (AvgIpc) is 3.85. The van der Waals surface area contributed by atoms with Crippen molar-refractivity contribution in [3.05, 3.63) is 60.2 Å². The molecule has 2 aromatic carbocycles. The lowest BCUT2D eigenvalue weighted by Gasteiger charge is -2.43. The molecule has 1 heterocycles. The summed E-state index contributed by atoms with van der Waals surface area (Å²) < 4.78 is 41.3. The van der Waals surface area contributed by atoms with Gasteiger partial charge in [0, 0.05) is 31.0 Å². The number of benzene rings is 2. The Bertz CT molecular complexity index is 1720. The normalized spacial score (nSPS) is 25.7. The van der Waals surface area contributed by atoms with E-state index in [1.165, 1.54) is 12.1 Å². The lowest BCUT2D eigenvalue weighted by molar-refractivity contribution is -0.137. The molecule has 1 saturated heterocycles. The van der Waals surface area contributed by atoms with Crippen molar-refractivity contribution < 1.29 is 37.1 Å². The van der Waals surface area contributed by atoms with Crippen LogP contribution in [0.15, 0.2) is 59.5 Å². The van der Waals surface area contributed by atoms with Crippen LogP contribution in [-0.4, -0.2) is 74.1 Å². The molecule has 0 unspecified atom stereocenters. The molecule has 0 radical (unpaired) electrons. The fourth-order valence-corrected chi connectivity index (χ4v) is 9.31. The van der Waals surface area contributed by atoms with Crippen LogP contribution in [0.4, 0.5) is 15.3 Å². The summed E-state index contributed by atoms with van der Waals surface area (Å²) in [5.74, 6) is -1.82. The van der Waals surface area contributed by atoms with E-state index in [0.717, 1.165) is 66.1 Å². The molecule has 4 amide bonds. The molecule has 0 bridgehead atoms. The van der Waals surface area contributed by atoms with Crippen molar-refractivity contribution in [1.82, 2.24) is 14.9 Å². The zero-order valence-corrected chi connectivity index (χ0v) is 29.0. The third-order valence-corrected chi connectivity index (χ3v) is 12.2. The molecule has 2 aromatic rings. The topological polar surface area (TPSA) is 151 Å². The Balaban J connectivity index is 1.39. The molecule has 3 aliphatic carbocycles. The van der Waals surface area contributed by atoms with Gasteiger partial charge in [0.25, 0.3) is 0 Å². The van der Waals surface area contributed by atoms with Crippen molar-refractivity contribution in [2.75, 3.05) is 18.0 Å². The predicted octanol–water partition coefficient (Wildman–Crippen LogP) is 4.52. The molecule has 0 spiro atoms. The highest BCUT2D eigenvalue weighted by Crippen LogP contribution is 2.46. The van der Waals surface area contributed by atoms with Crippen molar-refractivity contribution in [2.45, 2.75) is 93.9 Å². The van der Waals surface area contributed by atoms with E-state index in [1.54, 1.807) is 42.5 Å². The minimum absolute atomic E-state index is 0.00867. The van der Waals surface area contributed by atoms with Gasteiger partial charge in [0.1, 0.15) is 12.2 Å². The van der Waals surface area contributed by atoms with Crippen LogP contribution < -0.4 is 15.5 Å². The highest BCUT2D eigenvalue weighted by molar-refractivity contribution is 7.89. The van der Waals surface area contributed by atoms with Crippen LogP contribution in [0, 0.1) is 37.0 Å². The molecule has 4 fully saturated rings. The van der Waals surface area contributed by atoms with Gasteiger partial charge in [0.05, 0.1) is 29.0 Å². The highest BCUT2D eigenvalue weighted by Gasteiger charge is 2.60. The van der Waals surface area contributed by atoms with Gasteiger partial charge in [0.15, 0.2) is 0 Å². The minimum Gasteiger partial charge on any atom is -0.442 e. The van der Waals surface area contributed by atoms with Gasteiger partial charge in [-0.3, -0.25) is 14.5 Å². The third kappa shape index (κ3) is 7.51. The number of ether oxygens (including phenoxy) is 2. The van der Waals surface area contributed by atoms with E-state index in [9.17, 15) is 27.6 Å². The molecule has 1 aliphatic heterocycles. The van der Waals surface area contributed by atoms with E-state index in [2.05, 4.69) is 16.6 Å². The first-order chi connectivity index (χ1) is 24.1. The maximum atomic E-state index is 14.3. The number of para-hydroxylation sites is 1. The van der Waals surface area contributed by atoms with Gasteiger partial charge >= 0.3 is 12.2 Å². The number of amides is 4. The first kappa shape index (κ1) is 35.4. The number of terminal acetylenes is 1. The molecular weight excluding hydrogens is 660 g/mol. The van der Waals surface area contributed by atoms with Crippen LogP contribution in [0.3, 0.4) is 0 Å². The number of hydrogen-bond donors (Lipinski definition) is 2. The summed E-state index contributed by atoms with van der Waals surface area (Å²) in [6.07, 6.45) is 8.67. The molecule has 0 aromatic heterocycles. The van der Waals surface area contributed by atoms with Crippen molar-refractivity contribution in [2.24, 2.45) is 17.8 Å². The van der Waals surface area contributed by atoms with E-state index >= 15 is 0 Å². The van der Waals surface area contributed by atoms with Crippen LogP contribution in [0.2, 0.25) is 0 Å². The quantitative estimate of drug-likeness (QED) is 0.271. The fraction of sp³-hybridized carbons (Fsp3) is 0.514. The number of nitrogens with one attached hydrogen (secondary N) is 2. The number of fused-ring (bicyclic) bond motifs is 1. The number of alkyl carbamates (subject to hydrolysis) is 2. The second kappa shape index (κ2) is 15.2. The second-order valence-electron chi connectivity index (χ2n) is 13.8. The lowest BCUT2D eigenvalue weighted by Crippen LogP contribution is -2.57. The summed E-state index contributed by atoms with van der Waals surface area (Å²) >= 11 is 0. The van der Waals surface area contributed by atoms with Gasteiger partial charge in [0.2, 0.25) is 21.8 Å². The summed E-state index contributed by atoms with van der Waals surface area (Å²) in [7, 11) is -4.23. The maximum absolute atomic E-state index is 14.3. The number of nitrogens with zero attached hydrogens (tertiary/aromatic N) is 2. The van der Waals surface area contributed by atoms with E-state index in [-0.39, 0.29) is 36.5 Å². The van der Waals surface area contributed by atoms with Gasteiger partial charge in [-0.2, -0.15) is 4.31 Å². The number of aryl methyl sites for hydroxylation is 1. The Morgan fingerprint density at radius 2 is 1.46 bits per heavy atom. The van der Waals surface area contributed by atoms with Crippen molar-refractivity contribution in [3.63, 3.8) is 0 Å². The number of carbonyl (C=O) groups excluding carboxylic acids is 4. The number of imide groups is 1. The number of hydrogen-bond acceptors (Lipinski definition) is 8. The SMILES string of the molecule is C#CCN(C[C@H]1[C@H](OC(=O)NC2CCCC2)[C@H](OC(=O)NC2CCCC2)C[C@H]2C(=O)N(c3ccccc3)C(=O)[C@@H]12)S(=O)(=O)c1ccc(C)cc1. The molecule has 5 atom stereocenters. The predicted molar refractivity (Wildman–Crippen MR) is 184 cm³/mol. The number of anilines is 1. The third-order valence-electron chi connectivity index (χ3n) is 10.4. The van der Waals surface area contributed by atoms with Crippen LogP contribution in [0.25, 0.3) is 0 Å². The van der Waals surface area contributed by atoms with Gasteiger partial charge < -0.3 is 20.1 Å². The molecule has 3 saturated carbocycles.